The van der Waals surface area contributed by atoms with Crippen LogP contribution in [0.15, 0.2) is 24.3 Å². The number of piperazine rings is 1. The molecule has 1 N–H and O–H groups in total. The van der Waals surface area contributed by atoms with Crippen molar-refractivity contribution in [3.05, 3.63) is 24.3 Å². The number of hydrogen-bond donors (Lipinski definition) is 1. The summed E-state index contributed by atoms with van der Waals surface area (Å²) < 4.78 is 1.24. The number of nitrogens with zero attached hydrogens (tertiary/aromatic N) is 3. The highest BCUT2D eigenvalue weighted by Crippen LogP contribution is 2.59. The summed E-state index contributed by atoms with van der Waals surface area (Å²) in [6.07, 6.45) is 3.47. The number of piperidine rings is 1. The molecule has 0 radical (unpaired) electrons. The van der Waals surface area contributed by atoms with Crippen LogP contribution in [-0.4, -0.2) is 55.1 Å². The van der Waals surface area contributed by atoms with Gasteiger partial charge in [-0.3, -0.25) is 4.79 Å². The third kappa shape index (κ3) is 2.72. The number of amides is 1. The molecule has 0 bridgehead atoms. The van der Waals surface area contributed by atoms with Gasteiger partial charge in [0.25, 0.3) is 0 Å². The lowest BCUT2D eigenvalue weighted by molar-refractivity contribution is -0.133. The number of anilines is 1. The maximum absolute atomic E-state index is 12.9. The second-order valence-electron chi connectivity index (χ2n) is 7.65. The quantitative estimate of drug-likeness (QED) is 0.897. The monoisotopic (exact) mass is 356 g/mol. The Bertz CT molecular complexity index is 757. The smallest absolute Gasteiger partial charge is 0.226 e. The Balaban J connectivity index is 1.22. The van der Waals surface area contributed by atoms with Crippen molar-refractivity contribution in [2.75, 3.05) is 44.2 Å². The average Bonchev–Trinajstić information content (AvgIpc) is 3.16. The van der Waals surface area contributed by atoms with E-state index in [0.29, 0.717) is 17.2 Å². The second kappa shape index (κ2) is 5.95. The summed E-state index contributed by atoms with van der Waals surface area (Å²) in [5.41, 5.74) is 1.42. The predicted molar refractivity (Wildman–Crippen MR) is 101 cm³/mol. The number of fused-ring (bicyclic) bond motifs is 1. The zero-order chi connectivity index (χ0) is 16.9. The van der Waals surface area contributed by atoms with E-state index in [2.05, 4.69) is 33.3 Å². The van der Waals surface area contributed by atoms with Crippen molar-refractivity contribution in [3.63, 3.8) is 0 Å². The number of carbonyl (C=O) groups excluding carboxylic acids is 1. The van der Waals surface area contributed by atoms with Crippen molar-refractivity contribution >= 4 is 32.6 Å². The van der Waals surface area contributed by atoms with Gasteiger partial charge in [0, 0.05) is 32.1 Å². The molecule has 3 heterocycles. The molecule has 5 rings (SSSR count). The summed E-state index contributed by atoms with van der Waals surface area (Å²) in [6, 6.07) is 8.30. The Morgan fingerprint density at radius 2 is 1.92 bits per heavy atom. The zero-order valence-electron chi connectivity index (χ0n) is 14.4. The first-order valence-electron chi connectivity index (χ1n) is 9.35. The Hall–Kier alpha value is -1.66. The van der Waals surface area contributed by atoms with Crippen LogP contribution < -0.4 is 10.2 Å². The van der Waals surface area contributed by atoms with E-state index >= 15 is 0 Å². The van der Waals surface area contributed by atoms with E-state index in [4.69, 9.17) is 4.98 Å². The van der Waals surface area contributed by atoms with Crippen molar-refractivity contribution in [1.82, 2.24) is 15.2 Å². The summed E-state index contributed by atoms with van der Waals surface area (Å²) in [7, 11) is 0. The average molecular weight is 356 g/mol. The molecule has 1 aliphatic carbocycles. The fourth-order valence-electron chi connectivity index (χ4n) is 4.51. The molecule has 1 aromatic heterocycles. The van der Waals surface area contributed by atoms with E-state index in [1.807, 2.05) is 6.07 Å². The van der Waals surface area contributed by atoms with E-state index in [-0.39, 0.29) is 0 Å². The SMILES string of the molecule is O=C(C1CC12CCNCC2)N1CCN(c2nc3ccccc3s2)CC1. The summed E-state index contributed by atoms with van der Waals surface area (Å²) in [5, 5.41) is 4.51. The van der Waals surface area contributed by atoms with Gasteiger partial charge in [0.2, 0.25) is 5.91 Å². The Morgan fingerprint density at radius 3 is 2.68 bits per heavy atom. The number of aromatic nitrogens is 1. The Morgan fingerprint density at radius 1 is 1.16 bits per heavy atom. The van der Waals surface area contributed by atoms with Crippen LogP contribution in [0.3, 0.4) is 0 Å². The predicted octanol–water partition coefficient (Wildman–Crippen LogP) is 2.33. The van der Waals surface area contributed by atoms with Crippen LogP contribution in [0.2, 0.25) is 0 Å². The first-order valence-corrected chi connectivity index (χ1v) is 10.2. The molecule has 2 aromatic rings. The van der Waals surface area contributed by atoms with Gasteiger partial charge in [0.05, 0.1) is 10.2 Å². The highest BCUT2D eigenvalue weighted by Gasteiger charge is 2.58. The van der Waals surface area contributed by atoms with Gasteiger partial charge in [-0.05, 0) is 49.9 Å². The number of nitrogens with one attached hydrogen (secondary N) is 1. The van der Waals surface area contributed by atoms with Gasteiger partial charge in [-0.15, -0.1) is 0 Å². The third-order valence-electron chi connectivity index (χ3n) is 6.23. The summed E-state index contributed by atoms with van der Waals surface area (Å²) in [4.78, 5) is 22.1. The molecule has 132 valence electrons. The molecule has 3 fully saturated rings. The highest BCUT2D eigenvalue weighted by molar-refractivity contribution is 7.22. The zero-order valence-corrected chi connectivity index (χ0v) is 15.2. The fourth-order valence-corrected chi connectivity index (χ4v) is 5.53. The normalized spacial score (nSPS) is 25.5. The van der Waals surface area contributed by atoms with Gasteiger partial charge >= 0.3 is 0 Å². The largest absolute Gasteiger partial charge is 0.345 e. The van der Waals surface area contributed by atoms with Gasteiger partial charge in [-0.25, -0.2) is 4.98 Å². The Kier molecular flexibility index (Phi) is 3.71. The van der Waals surface area contributed by atoms with Gasteiger partial charge < -0.3 is 15.1 Å². The molecule has 1 spiro atoms. The molecule has 2 aliphatic heterocycles. The van der Waals surface area contributed by atoms with Crippen LogP contribution in [-0.2, 0) is 4.79 Å². The van der Waals surface area contributed by atoms with E-state index < -0.39 is 0 Å². The molecule has 3 aliphatic rings. The van der Waals surface area contributed by atoms with Gasteiger partial charge in [-0.2, -0.15) is 0 Å². The summed E-state index contributed by atoms with van der Waals surface area (Å²) >= 11 is 1.75. The summed E-state index contributed by atoms with van der Waals surface area (Å²) in [6.45, 7) is 5.61. The topological polar surface area (TPSA) is 48.5 Å². The molecule has 1 amide bonds. The van der Waals surface area contributed by atoms with Crippen molar-refractivity contribution in [2.45, 2.75) is 19.3 Å². The molecule has 1 unspecified atom stereocenters. The maximum atomic E-state index is 12.9. The van der Waals surface area contributed by atoms with E-state index in [1.165, 1.54) is 17.5 Å². The first-order chi connectivity index (χ1) is 12.3. The molecule has 2 saturated heterocycles. The Labute approximate surface area is 152 Å². The van der Waals surface area contributed by atoms with Crippen LogP contribution in [0.5, 0.6) is 0 Å². The summed E-state index contributed by atoms with van der Waals surface area (Å²) in [5.74, 6) is 0.703. The molecule has 6 heteroatoms. The number of thiazole rings is 1. The van der Waals surface area contributed by atoms with Gasteiger partial charge in [0.1, 0.15) is 0 Å². The molecular formula is C19H24N4OS. The van der Waals surface area contributed by atoms with Gasteiger partial charge in [-0.1, -0.05) is 23.5 Å². The van der Waals surface area contributed by atoms with E-state index in [1.54, 1.807) is 11.3 Å². The lowest BCUT2D eigenvalue weighted by Gasteiger charge is -2.35. The maximum Gasteiger partial charge on any atom is 0.226 e. The molecule has 1 saturated carbocycles. The molecule has 1 atom stereocenters. The minimum atomic E-state index is 0.295. The van der Waals surface area contributed by atoms with Crippen molar-refractivity contribution in [3.8, 4) is 0 Å². The second-order valence-corrected chi connectivity index (χ2v) is 8.65. The minimum absolute atomic E-state index is 0.295. The van der Waals surface area contributed by atoms with Crippen molar-refractivity contribution in [2.24, 2.45) is 11.3 Å². The molecule has 5 nitrogen and oxygen atoms in total. The lowest BCUT2D eigenvalue weighted by atomic mass is 9.91. The highest BCUT2D eigenvalue weighted by atomic mass is 32.1. The van der Waals surface area contributed by atoms with Crippen LogP contribution in [0.25, 0.3) is 10.2 Å². The standard InChI is InChI=1S/C19H24N4OS/c24-17(14-13-19(14)5-7-20-8-6-19)22-9-11-23(12-10-22)18-21-15-3-1-2-4-16(15)25-18/h1-4,14,20H,5-13H2. The number of benzene rings is 1. The molecule has 1 aromatic carbocycles. The third-order valence-corrected chi connectivity index (χ3v) is 7.33. The van der Waals surface area contributed by atoms with Crippen LogP contribution in [0.1, 0.15) is 19.3 Å². The number of para-hydroxylation sites is 1. The number of rotatable bonds is 2. The molecular weight excluding hydrogens is 332 g/mol. The van der Waals surface area contributed by atoms with Crippen molar-refractivity contribution in [1.29, 1.82) is 0 Å². The number of carbonyl (C=O) groups is 1. The lowest BCUT2D eigenvalue weighted by Crippen LogP contribution is -2.49. The van der Waals surface area contributed by atoms with Crippen molar-refractivity contribution < 1.29 is 4.79 Å². The fraction of sp³-hybridized carbons (Fsp3) is 0.579. The number of hydrogen-bond acceptors (Lipinski definition) is 5. The van der Waals surface area contributed by atoms with Crippen LogP contribution >= 0.6 is 11.3 Å². The molecule has 25 heavy (non-hydrogen) atoms. The minimum Gasteiger partial charge on any atom is -0.345 e. The van der Waals surface area contributed by atoms with E-state index in [9.17, 15) is 4.79 Å². The van der Waals surface area contributed by atoms with Gasteiger partial charge in [0.15, 0.2) is 5.13 Å². The van der Waals surface area contributed by atoms with E-state index in [0.717, 1.165) is 56.3 Å². The first kappa shape index (κ1) is 15.6. The van der Waals surface area contributed by atoms with Crippen LogP contribution in [0, 0.1) is 11.3 Å². The van der Waals surface area contributed by atoms with Crippen LogP contribution in [0.4, 0.5) is 5.13 Å².